The molecule has 0 radical (unpaired) electrons. The summed E-state index contributed by atoms with van der Waals surface area (Å²) in [5, 5.41) is 12.4. The van der Waals surface area contributed by atoms with E-state index >= 15 is 0 Å². The Hall–Kier alpha value is -1.10. The number of aryl methyl sites for hydroxylation is 1. The van der Waals surface area contributed by atoms with Gasteiger partial charge in [-0.2, -0.15) is 14.7 Å². The molecule has 0 aliphatic carbocycles. The van der Waals surface area contributed by atoms with Gasteiger partial charge in [-0.1, -0.05) is 18.5 Å². The van der Waals surface area contributed by atoms with E-state index in [1.54, 1.807) is 0 Å². The summed E-state index contributed by atoms with van der Waals surface area (Å²) in [5.41, 5.74) is 0. The molecule has 0 spiro atoms. The Kier molecular flexibility index (Phi) is 4.51. The number of hydrogen-bond donors (Lipinski definition) is 0. The second-order valence-electron chi connectivity index (χ2n) is 3.42. The molecule has 0 amide bonds. The summed E-state index contributed by atoms with van der Waals surface area (Å²) in [6, 6.07) is 1.83. The number of aromatic nitrogens is 2. The highest BCUT2D eigenvalue weighted by molar-refractivity contribution is 7.89. The average Bonchev–Trinajstić information content (AvgIpc) is 2.58. The lowest BCUT2D eigenvalue weighted by Gasteiger charge is -2.18. The average molecular weight is 277 g/mol. The SMILES string of the molecule is CCCN(CC#N)S(=O)(=O)c1c(Cl)cnn1C. The van der Waals surface area contributed by atoms with Crippen molar-refractivity contribution in [2.45, 2.75) is 18.4 Å². The van der Waals surface area contributed by atoms with Crippen molar-refractivity contribution in [3.05, 3.63) is 11.2 Å². The zero-order chi connectivity index (χ0) is 13.1. The highest BCUT2D eigenvalue weighted by Gasteiger charge is 2.29. The number of hydrogen-bond acceptors (Lipinski definition) is 4. The fraction of sp³-hybridized carbons (Fsp3) is 0.556. The minimum Gasteiger partial charge on any atom is -0.255 e. The van der Waals surface area contributed by atoms with E-state index in [1.165, 1.54) is 17.9 Å². The third kappa shape index (κ3) is 2.77. The number of halogens is 1. The minimum atomic E-state index is -3.76. The van der Waals surface area contributed by atoms with Gasteiger partial charge in [0, 0.05) is 13.6 Å². The molecule has 1 aromatic rings. The zero-order valence-corrected chi connectivity index (χ0v) is 11.2. The molecular weight excluding hydrogens is 264 g/mol. The summed E-state index contributed by atoms with van der Waals surface area (Å²) < 4.78 is 26.8. The molecule has 0 N–H and O–H groups in total. The van der Waals surface area contributed by atoms with Crippen molar-refractivity contribution in [3.63, 3.8) is 0 Å². The number of nitriles is 1. The van der Waals surface area contributed by atoms with Gasteiger partial charge in [0.25, 0.3) is 10.0 Å². The van der Waals surface area contributed by atoms with E-state index in [-0.39, 0.29) is 23.1 Å². The molecule has 0 aromatic carbocycles. The van der Waals surface area contributed by atoms with Crippen LogP contribution in [0.3, 0.4) is 0 Å². The lowest BCUT2D eigenvalue weighted by atomic mass is 10.5. The first-order valence-corrected chi connectivity index (χ1v) is 6.81. The van der Waals surface area contributed by atoms with Crippen LogP contribution in [0.2, 0.25) is 5.02 Å². The van der Waals surface area contributed by atoms with E-state index in [1.807, 2.05) is 13.0 Å². The minimum absolute atomic E-state index is 0.0616. The molecule has 1 aromatic heterocycles. The molecule has 0 bridgehead atoms. The molecule has 1 rings (SSSR count). The van der Waals surface area contributed by atoms with Gasteiger partial charge >= 0.3 is 0 Å². The summed E-state index contributed by atoms with van der Waals surface area (Å²) in [6.07, 6.45) is 1.89. The third-order valence-electron chi connectivity index (χ3n) is 2.15. The van der Waals surface area contributed by atoms with Crippen LogP contribution in [-0.2, 0) is 17.1 Å². The summed E-state index contributed by atoms with van der Waals surface area (Å²) in [7, 11) is -2.27. The van der Waals surface area contributed by atoms with Gasteiger partial charge in [0.05, 0.1) is 17.3 Å². The molecule has 94 valence electrons. The third-order valence-corrected chi connectivity index (χ3v) is 4.50. The van der Waals surface area contributed by atoms with Crippen LogP contribution < -0.4 is 0 Å². The first-order valence-electron chi connectivity index (χ1n) is 4.99. The highest BCUT2D eigenvalue weighted by Crippen LogP contribution is 2.23. The molecule has 0 unspecified atom stereocenters. The molecule has 0 atom stereocenters. The number of nitrogens with zero attached hydrogens (tertiary/aromatic N) is 4. The van der Waals surface area contributed by atoms with Crippen molar-refractivity contribution in [2.75, 3.05) is 13.1 Å². The molecule has 1 heterocycles. The van der Waals surface area contributed by atoms with E-state index < -0.39 is 10.0 Å². The Labute approximate surface area is 105 Å². The molecule has 0 aliphatic rings. The normalized spacial score (nSPS) is 11.7. The summed E-state index contributed by atoms with van der Waals surface area (Å²) >= 11 is 5.80. The molecule has 0 fully saturated rings. The topological polar surface area (TPSA) is 79.0 Å². The molecule has 0 saturated carbocycles. The van der Waals surface area contributed by atoms with Crippen molar-refractivity contribution in [3.8, 4) is 6.07 Å². The largest absolute Gasteiger partial charge is 0.262 e. The van der Waals surface area contributed by atoms with Crippen LogP contribution in [0, 0.1) is 11.3 Å². The van der Waals surface area contributed by atoms with Crippen LogP contribution in [0.5, 0.6) is 0 Å². The van der Waals surface area contributed by atoms with Gasteiger partial charge in [-0.3, -0.25) is 4.68 Å². The Morgan fingerprint density at radius 3 is 2.71 bits per heavy atom. The van der Waals surface area contributed by atoms with Crippen molar-refractivity contribution in [1.82, 2.24) is 14.1 Å². The summed E-state index contributed by atoms with van der Waals surface area (Å²) in [5.74, 6) is 0. The van der Waals surface area contributed by atoms with Crippen molar-refractivity contribution >= 4 is 21.6 Å². The molecular formula is C9H13ClN4O2S. The van der Waals surface area contributed by atoms with Crippen molar-refractivity contribution in [2.24, 2.45) is 7.05 Å². The van der Waals surface area contributed by atoms with Crippen LogP contribution in [0.15, 0.2) is 11.2 Å². The van der Waals surface area contributed by atoms with Gasteiger partial charge in [0.2, 0.25) is 0 Å². The lowest BCUT2D eigenvalue weighted by molar-refractivity contribution is 0.437. The predicted molar refractivity (Wildman–Crippen MR) is 62.9 cm³/mol. The Balaban J connectivity index is 3.22. The maximum Gasteiger partial charge on any atom is 0.262 e. The van der Waals surface area contributed by atoms with Crippen LogP contribution in [0.25, 0.3) is 0 Å². The Morgan fingerprint density at radius 1 is 1.65 bits per heavy atom. The van der Waals surface area contributed by atoms with E-state index in [2.05, 4.69) is 5.10 Å². The molecule has 8 heteroatoms. The second kappa shape index (κ2) is 5.49. The van der Waals surface area contributed by atoms with Gasteiger partial charge < -0.3 is 0 Å². The second-order valence-corrected chi connectivity index (χ2v) is 5.68. The zero-order valence-electron chi connectivity index (χ0n) is 9.59. The van der Waals surface area contributed by atoms with Gasteiger partial charge in [0.15, 0.2) is 5.03 Å². The number of sulfonamides is 1. The van der Waals surface area contributed by atoms with E-state index in [0.29, 0.717) is 6.42 Å². The van der Waals surface area contributed by atoms with E-state index in [4.69, 9.17) is 16.9 Å². The van der Waals surface area contributed by atoms with E-state index in [0.717, 1.165) is 4.31 Å². The van der Waals surface area contributed by atoms with Gasteiger partial charge in [-0.05, 0) is 6.42 Å². The first-order chi connectivity index (χ1) is 7.95. The standard InChI is InChI=1S/C9H13ClN4O2S/c1-3-5-14(6-4-11)17(15,16)9-8(10)7-12-13(9)2/h7H,3,5-6H2,1-2H3. The molecule has 17 heavy (non-hydrogen) atoms. The molecule has 0 aliphatic heterocycles. The first kappa shape index (κ1) is 14.0. The quantitative estimate of drug-likeness (QED) is 0.752. The van der Waals surface area contributed by atoms with Gasteiger partial charge in [-0.15, -0.1) is 0 Å². The van der Waals surface area contributed by atoms with Crippen molar-refractivity contribution < 1.29 is 8.42 Å². The van der Waals surface area contributed by atoms with Gasteiger partial charge in [0.1, 0.15) is 6.54 Å². The van der Waals surface area contributed by atoms with Crippen LogP contribution in [-0.4, -0.2) is 35.6 Å². The maximum atomic E-state index is 12.2. The smallest absolute Gasteiger partial charge is 0.255 e. The maximum absolute atomic E-state index is 12.2. The number of rotatable bonds is 5. The predicted octanol–water partition coefficient (Wildman–Crippen LogP) is 0.998. The molecule has 6 nitrogen and oxygen atoms in total. The van der Waals surface area contributed by atoms with Crippen molar-refractivity contribution in [1.29, 1.82) is 5.26 Å². The Bertz CT molecular complexity index is 512. The lowest BCUT2D eigenvalue weighted by Crippen LogP contribution is -2.33. The monoisotopic (exact) mass is 276 g/mol. The fourth-order valence-corrected chi connectivity index (χ4v) is 3.46. The van der Waals surface area contributed by atoms with Crippen LogP contribution >= 0.6 is 11.6 Å². The highest BCUT2D eigenvalue weighted by atomic mass is 35.5. The fourth-order valence-electron chi connectivity index (χ4n) is 1.42. The van der Waals surface area contributed by atoms with Crippen LogP contribution in [0.4, 0.5) is 0 Å². The summed E-state index contributed by atoms with van der Waals surface area (Å²) in [4.78, 5) is 0. The Morgan fingerprint density at radius 2 is 2.29 bits per heavy atom. The van der Waals surface area contributed by atoms with E-state index in [9.17, 15) is 8.42 Å². The molecule has 0 saturated heterocycles. The van der Waals surface area contributed by atoms with Crippen LogP contribution in [0.1, 0.15) is 13.3 Å². The summed E-state index contributed by atoms with van der Waals surface area (Å²) in [6.45, 7) is 1.92. The van der Waals surface area contributed by atoms with Gasteiger partial charge in [-0.25, -0.2) is 8.42 Å².